The summed E-state index contributed by atoms with van der Waals surface area (Å²) in [7, 11) is 0. The first-order valence-corrected chi connectivity index (χ1v) is 8.70. The minimum absolute atomic E-state index is 0.0804. The van der Waals surface area contributed by atoms with Gasteiger partial charge in [0.25, 0.3) is 0 Å². The van der Waals surface area contributed by atoms with Crippen molar-refractivity contribution in [3.8, 4) is 11.8 Å². The number of rotatable bonds is 2. The molecule has 26 heavy (non-hydrogen) atoms. The zero-order valence-corrected chi connectivity index (χ0v) is 15.7. The van der Waals surface area contributed by atoms with E-state index in [1.54, 1.807) is 27.7 Å². The average Bonchev–Trinajstić information content (AvgIpc) is 2.94. The van der Waals surface area contributed by atoms with Crippen LogP contribution in [-0.2, 0) is 9.53 Å². The molecule has 1 aromatic carbocycles. The van der Waals surface area contributed by atoms with Crippen LogP contribution in [0.3, 0.4) is 0 Å². The zero-order chi connectivity index (χ0) is 19.3. The van der Waals surface area contributed by atoms with Crippen molar-refractivity contribution in [1.29, 1.82) is 0 Å². The van der Waals surface area contributed by atoms with Gasteiger partial charge in [0.1, 0.15) is 11.6 Å². The van der Waals surface area contributed by atoms with Crippen molar-refractivity contribution in [1.82, 2.24) is 10.2 Å². The Morgan fingerprint density at radius 2 is 1.96 bits per heavy atom. The minimum atomic E-state index is -0.763. The van der Waals surface area contributed by atoms with Crippen molar-refractivity contribution >= 4 is 12.0 Å². The molecule has 0 bridgehead atoms. The van der Waals surface area contributed by atoms with Gasteiger partial charge in [0, 0.05) is 12.0 Å². The summed E-state index contributed by atoms with van der Waals surface area (Å²) in [6.07, 6.45) is -1.16. The van der Waals surface area contributed by atoms with E-state index in [-0.39, 0.29) is 24.9 Å². The number of hydrogen-bond acceptors (Lipinski definition) is 4. The second kappa shape index (κ2) is 8.24. The molecule has 1 heterocycles. The van der Waals surface area contributed by atoms with Crippen LogP contribution in [0.5, 0.6) is 0 Å². The van der Waals surface area contributed by atoms with Gasteiger partial charge < -0.3 is 15.2 Å². The molecule has 3 atom stereocenters. The Balaban J connectivity index is 2.00. The number of benzene rings is 1. The molecular formula is C20H26N2O4. The van der Waals surface area contributed by atoms with Gasteiger partial charge in [-0.25, -0.2) is 4.79 Å². The van der Waals surface area contributed by atoms with E-state index in [2.05, 4.69) is 17.2 Å². The van der Waals surface area contributed by atoms with E-state index in [0.29, 0.717) is 0 Å². The molecule has 1 aromatic rings. The van der Waals surface area contributed by atoms with Gasteiger partial charge in [0.2, 0.25) is 5.91 Å². The van der Waals surface area contributed by atoms with E-state index in [4.69, 9.17) is 4.74 Å². The molecule has 0 radical (unpaired) electrons. The molecule has 1 saturated heterocycles. The number of ether oxygens (including phenoxy) is 1. The number of carbonyl (C=O) groups is 2. The number of amides is 2. The van der Waals surface area contributed by atoms with E-state index < -0.39 is 23.8 Å². The quantitative estimate of drug-likeness (QED) is 0.792. The van der Waals surface area contributed by atoms with E-state index >= 15 is 0 Å². The van der Waals surface area contributed by atoms with Gasteiger partial charge in [-0.3, -0.25) is 9.69 Å². The molecule has 6 heteroatoms. The number of nitrogens with zero attached hydrogens (tertiary/aromatic N) is 1. The van der Waals surface area contributed by atoms with Gasteiger partial charge in [0.15, 0.2) is 0 Å². The predicted molar refractivity (Wildman–Crippen MR) is 98.3 cm³/mol. The third-order valence-corrected chi connectivity index (χ3v) is 3.78. The highest BCUT2D eigenvalue weighted by atomic mass is 16.6. The second-order valence-corrected chi connectivity index (χ2v) is 7.40. The maximum absolute atomic E-state index is 12.6. The van der Waals surface area contributed by atoms with Gasteiger partial charge in [-0.15, -0.1) is 0 Å². The maximum Gasteiger partial charge on any atom is 0.411 e. The highest BCUT2D eigenvalue weighted by Gasteiger charge is 2.41. The summed E-state index contributed by atoms with van der Waals surface area (Å²) >= 11 is 0. The molecule has 0 unspecified atom stereocenters. The van der Waals surface area contributed by atoms with Crippen LogP contribution in [0, 0.1) is 11.8 Å². The highest BCUT2D eigenvalue weighted by molar-refractivity contribution is 5.86. The van der Waals surface area contributed by atoms with Gasteiger partial charge in [-0.1, -0.05) is 30.0 Å². The summed E-state index contributed by atoms with van der Waals surface area (Å²) in [4.78, 5) is 26.1. The van der Waals surface area contributed by atoms with Crippen molar-refractivity contribution in [3.05, 3.63) is 35.9 Å². The molecule has 6 nitrogen and oxygen atoms in total. The molecule has 2 rings (SSSR count). The Kier molecular flexibility index (Phi) is 6.27. The number of aliphatic hydroxyl groups is 1. The molecule has 2 N–H and O–H groups in total. The van der Waals surface area contributed by atoms with Crippen molar-refractivity contribution < 1.29 is 19.4 Å². The Labute approximate surface area is 154 Å². The lowest BCUT2D eigenvalue weighted by molar-refractivity contribution is -0.125. The Morgan fingerprint density at radius 1 is 1.31 bits per heavy atom. The van der Waals surface area contributed by atoms with Gasteiger partial charge in [-0.2, -0.15) is 0 Å². The number of β-amino-alcohol motifs (C(OH)–C–C–N with tert-alkyl or cyclic N) is 1. The lowest BCUT2D eigenvalue weighted by Gasteiger charge is -2.28. The SMILES string of the molecule is C[C@@H](C#Cc1ccccc1)NC(=O)[C@@H]1C[C@@H](O)CN1C(=O)OC(C)(C)C. The molecule has 1 aliphatic heterocycles. The van der Waals surface area contributed by atoms with Crippen LogP contribution < -0.4 is 5.32 Å². The van der Waals surface area contributed by atoms with Crippen molar-refractivity contribution in [2.75, 3.05) is 6.54 Å². The Hall–Kier alpha value is -2.52. The summed E-state index contributed by atoms with van der Waals surface area (Å²) in [5.41, 5.74) is 0.195. The molecule has 0 spiro atoms. The fourth-order valence-corrected chi connectivity index (χ4v) is 2.64. The van der Waals surface area contributed by atoms with Crippen LogP contribution in [0.25, 0.3) is 0 Å². The van der Waals surface area contributed by atoms with E-state index in [1.807, 2.05) is 30.3 Å². The summed E-state index contributed by atoms with van der Waals surface area (Å²) in [6, 6.07) is 8.32. The van der Waals surface area contributed by atoms with Crippen molar-refractivity contribution in [3.63, 3.8) is 0 Å². The number of carbonyl (C=O) groups excluding carboxylic acids is 2. The molecule has 140 valence electrons. The number of aliphatic hydroxyl groups excluding tert-OH is 1. The van der Waals surface area contributed by atoms with Crippen LogP contribution in [-0.4, -0.2) is 52.3 Å². The molecule has 2 amide bonds. The Bertz CT molecular complexity index is 700. The fraction of sp³-hybridized carbons (Fsp3) is 0.500. The topological polar surface area (TPSA) is 78.9 Å². The fourth-order valence-electron chi connectivity index (χ4n) is 2.64. The van der Waals surface area contributed by atoms with Crippen molar-refractivity contribution in [2.45, 2.75) is 57.9 Å². The minimum Gasteiger partial charge on any atom is -0.444 e. The van der Waals surface area contributed by atoms with Gasteiger partial charge in [0.05, 0.1) is 18.7 Å². The van der Waals surface area contributed by atoms with Crippen LogP contribution in [0.2, 0.25) is 0 Å². The van der Waals surface area contributed by atoms with Gasteiger partial charge in [-0.05, 0) is 39.8 Å². The summed E-state index contributed by atoms with van der Waals surface area (Å²) < 4.78 is 5.33. The lowest BCUT2D eigenvalue weighted by atomic mass is 10.1. The highest BCUT2D eigenvalue weighted by Crippen LogP contribution is 2.21. The summed E-state index contributed by atoms with van der Waals surface area (Å²) in [5.74, 6) is 5.62. The first kappa shape index (κ1) is 19.8. The largest absolute Gasteiger partial charge is 0.444 e. The number of nitrogens with one attached hydrogen (secondary N) is 1. The van der Waals surface area contributed by atoms with E-state index in [1.165, 1.54) is 4.90 Å². The lowest BCUT2D eigenvalue weighted by Crippen LogP contribution is -2.49. The standard InChI is InChI=1S/C20H26N2O4/c1-14(10-11-15-8-6-5-7-9-15)21-18(24)17-12-16(23)13-22(17)19(25)26-20(2,3)4/h5-9,14,16-17,23H,12-13H2,1-4H3,(H,21,24)/t14-,16+,17-/m0/s1. The summed E-state index contributed by atoms with van der Waals surface area (Å²) in [6.45, 7) is 7.13. The average molecular weight is 358 g/mol. The van der Waals surface area contributed by atoms with E-state index in [9.17, 15) is 14.7 Å². The van der Waals surface area contributed by atoms with Crippen molar-refractivity contribution in [2.24, 2.45) is 0 Å². The molecule has 1 aliphatic rings. The van der Waals surface area contributed by atoms with Crippen LogP contribution in [0.4, 0.5) is 4.79 Å². The second-order valence-electron chi connectivity index (χ2n) is 7.40. The Morgan fingerprint density at radius 3 is 2.58 bits per heavy atom. The van der Waals surface area contributed by atoms with Gasteiger partial charge >= 0.3 is 6.09 Å². The third kappa shape index (κ3) is 5.78. The van der Waals surface area contributed by atoms with Crippen LogP contribution in [0.1, 0.15) is 39.7 Å². The first-order valence-electron chi connectivity index (χ1n) is 8.70. The number of hydrogen-bond donors (Lipinski definition) is 2. The molecule has 1 fully saturated rings. The normalized spacial score (nSPS) is 20.7. The first-order chi connectivity index (χ1) is 12.2. The number of likely N-dealkylation sites (tertiary alicyclic amines) is 1. The third-order valence-electron chi connectivity index (χ3n) is 3.78. The molecular weight excluding hydrogens is 332 g/mol. The van der Waals surface area contributed by atoms with E-state index in [0.717, 1.165) is 5.56 Å². The summed E-state index contributed by atoms with van der Waals surface area (Å²) in [5, 5.41) is 12.7. The smallest absolute Gasteiger partial charge is 0.411 e. The zero-order valence-electron chi connectivity index (χ0n) is 15.7. The maximum atomic E-state index is 12.6. The molecule has 0 saturated carbocycles. The van der Waals surface area contributed by atoms with Crippen LogP contribution >= 0.6 is 0 Å². The molecule has 0 aromatic heterocycles. The molecule has 0 aliphatic carbocycles. The van der Waals surface area contributed by atoms with Crippen LogP contribution in [0.15, 0.2) is 30.3 Å². The monoisotopic (exact) mass is 358 g/mol. The predicted octanol–water partition coefficient (Wildman–Crippen LogP) is 1.91.